The Bertz CT molecular complexity index is 1170. The third kappa shape index (κ3) is 6.43. The minimum absolute atomic E-state index is 0.143. The molecule has 0 spiro atoms. The zero-order valence-electron chi connectivity index (χ0n) is 19.2. The van der Waals surface area contributed by atoms with E-state index in [9.17, 15) is 19.2 Å². The Hall–Kier alpha value is -3.31. The fourth-order valence-electron chi connectivity index (χ4n) is 3.14. The van der Waals surface area contributed by atoms with Gasteiger partial charge in [0, 0.05) is 10.2 Å². The Labute approximate surface area is 214 Å². The van der Waals surface area contributed by atoms with Crippen LogP contribution in [0.5, 0.6) is 11.5 Å². The quantitative estimate of drug-likeness (QED) is 0.352. The van der Waals surface area contributed by atoms with E-state index in [4.69, 9.17) is 9.47 Å². The summed E-state index contributed by atoms with van der Waals surface area (Å²) < 4.78 is 16.5. The van der Waals surface area contributed by atoms with Crippen LogP contribution >= 0.6 is 27.7 Å². The van der Waals surface area contributed by atoms with Gasteiger partial charge < -0.3 is 19.5 Å². The number of benzene rings is 2. The minimum Gasteiger partial charge on any atom is -0.490 e. The van der Waals surface area contributed by atoms with Gasteiger partial charge in [0.2, 0.25) is 0 Å². The third-order valence-electron chi connectivity index (χ3n) is 4.82. The lowest BCUT2D eigenvalue weighted by atomic mass is 10.1. The van der Waals surface area contributed by atoms with Crippen LogP contribution in [-0.2, 0) is 19.1 Å². The van der Waals surface area contributed by atoms with Crippen LogP contribution in [-0.4, -0.2) is 54.3 Å². The standard InChI is InChI=1S/C24H23BrN2O7S/c1-4-33-18-10-15(11-20-22(29)27(24(31)35-20)14(2)23(30)32-3)17(25)12-19(18)34-13-21(28)26-16-8-6-5-7-9-16/h5-12,14H,4,13H2,1-3H3,(H,26,28)/b20-11+/t14-/m0/s1. The van der Waals surface area contributed by atoms with Crippen molar-refractivity contribution in [2.24, 2.45) is 0 Å². The number of ether oxygens (including phenoxy) is 3. The van der Waals surface area contributed by atoms with E-state index < -0.39 is 23.2 Å². The van der Waals surface area contributed by atoms with Crippen LogP contribution in [0.15, 0.2) is 51.8 Å². The van der Waals surface area contributed by atoms with E-state index in [0.717, 1.165) is 16.7 Å². The Kier molecular flexibility index (Phi) is 8.94. The minimum atomic E-state index is -1.04. The monoisotopic (exact) mass is 562 g/mol. The van der Waals surface area contributed by atoms with Gasteiger partial charge in [-0.1, -0.05) is 34.1 Å². The number of halogens is 1. The van der Waals surface area contributed by atoms with E-state index in [1.807, 2.05) is 18.2 Å². The summed E-state index contributed by atoms with van der Waals surface area (Å²) in [6.45, 7) is 3.31. The number of anilines is 1. The predicted octanol–water partition coefficient (Wildman–Crippen LogP) is 4.46. The molecule has 0 unspecified atom stereocenters. The summed E-state index contributed by atoms with van der Waals surface area (Å²) in [5.41, 5.74) is 1.20. The first-order valence-corrected chi connectivity index (χ1v) is 12.1. The maximum Gasteiger partial charge on any atom is 0.328 e. The molecule has 1 heterocycles. The normalized spacial score (nSPS) is 15.2. The summed E-state index contributed by atoms with van der Waals surface area (Å²) in [5, 5.41) is 2.17. The number of carbonyl (C=O) groups excluding carboxylic acids is 4. The number of nitrogens with zero attached hydrogens (tertiary/aromatic N) is 1. The zero-order valence-corrected chi connectivity index (χ0v) is 21.6. The maximum atomic E-state index is 12.8. The van der Waals surface area contributed by atoms with Crippen molar-refractivity contribution in [3.63, 3.8) is 0 Å². The predicted molar refractivity (Wildman–Crippen MR) is 135 cm³/mol. The molecule has 0 aromatic heterocycles. The number of thioether (sulfide) groups is 1. The van der Waals surface area contributed by atoms with Gasteiger partial charge in [-0.05, 0) is 61.5 Å². The Balaban J connectivity index is 1.79. The number of methoxy groups -OCH3 is 1. The Morgan fingerprint density at radius 2 is 1.83 bits per heavy atom. The van der Waals surface area contributed by atoms with E-state index in [0.29, 0.717) is 33.8 Å². The highest BCUT2D eigenvalue weighted by Crippen LogP contribution is 2.38. The largest absolute Gasteiger partial charge is 0.490 e. The SMILES string of the molecule is CCOc1cc(/C=C2/SC(=O)N([C@@H](C)C(=O)OC)C2=O)c(Br)cc1OCC(=O)Nc1ccccc1. The molecule has 1 atom stereocenters. The number of carbonyl (C=O) groups is 4. The van der Waals surface area contributed by atoms with Gasteiger partial charge in [-0.25, -0.2) is 4.79 Å². The van der Waals surface area contributed by atoms with Crippen LogP contribution in [0, 0.1) is 0 Å². The summed E-state index contributed by atoms with van der Waals surface area (Å²) in [5.74, 6) is -0.942. The molecule has 0 radical (unpaired) electrons. The second kappa shape index (κ2) is 11.9. The molecule has 184 valence electrons. The molecular weight excluding hydrogens is 540 g/mol. The molecule has 0 bridgehead atoms. The van der Waals surface area contributed by atoms with Crippen molar-refractivity contribution in [2.75, 3.05) is 25.6 Å². The van der Waals surface area contributed by atoms with Gasteiger partial charge in [0.25, 0.3) is 17.1 Å². The summed E-state index contributed by atoms with van der Waals surface area (Å²) in [6, 6.07) is 11.2. The number of amides is 3. The van der Waals surface area contributed by atoms with Crippen LogP contribution in [0.4, 0.5) is 10.5 Å². The number of para-hydroxylation sites is 1. The number of rotatable bonds is 9. The van der Waals surface area contributed by atoms with Crippen LogP contribution < -0.4 is 14.8 Å². The number of esters is 1. The average molecular weight is 563 g/mol. The van der Waals surface area contributed by atoms with E-state index in [1.54, 1.807) is 31.2 Å². The highest BCUT2D eigenvalue weighted by Gasteiger charge is 2.41. The number of hydrogen-bond acceptors (Lipinski definition) is 8. The molecule has 1 aliphatic heterocycles. The van der Waals surface area contributed by atoms with Crippen molar-refractivity contribution in [3.05, 3.63) is 57.4 Å². The molecule has 11 heteroatoms. The Morgan fingerprint density at radius 3 is 2.49 bits per heavy atom. The molecule has 1 N–H and O–H groups in total. The summed E-state index contributed by atoms with van der Waals surface area (Å²) in [4.78, 5) is 50.2. The van der Waals surface area contributed by atoms with E-state index >= 15 is 0 Å². The second-order valence-corrected chi connectivity index (χ2v) is 9.05. The molecule has 1 saturated heterocycles. The highest BCUT2D eigenvalue weighted by molar-refractivity contribution is 9.10. The number of imide groups is 1. The number of nitrogens with one attached hydrogen (secondary N) is 1. The lowest BCUT2D eigenvalue weighted by Crippen LogP contribution is -2.42. The van der Waals surface area contributed by atoms with Crippen LogP contribution in [0.1, 0.15) is 19.4 Å². The van der Waals surface area contributed by atoms with Gasteiger partial charge in [0.1, 0.15) is 6.04 Å². The van der Waals surface area contributed by atoms with Gasteiger partial charge in [0.05, 0.1) is 18.6 Å². The summed E-state index contributed by atoms with van der Waals surface area (Å²) in [7, 11) is 1.19. The fourth-order valence-corrected chi connectivity index (χ4v) is 4.47. The molecular formula is C24H23BrN2O7S. The van der Waals surface area contributed by atoms with Gasteiger partial charge in [0.15, 0.2) is 18.1 Å². The van der Waals surface area contributed by atoms with Crippen LogP contribution in [0.2, 0.25) is 0 Å². The first-order chi connectivity index (χ1) is 16.7. The van der Waals surface area contributed by atoms with Crippen molar-refractivity contribution in [2.45, 2.75) is 19.9 Å². The van der Waals surface area contributed by atoms with Crippen molar-refractivity contribution < 1.29 is 33.4 Å². The molecule has 0 aliphatic carbocycles. The average Bonchev–Trinajstić information content (AvgIpc) is 3.12. The van der Waals surface area contributed by atoms with Gasteiger partial charge in [-0.15, -0.1) is 0 Å². The van der Waals surface area contributed by atoms with Gasteiger partial charge in [-0.3, -0.25) is 19.3 Å². The highest BCUT2D eigenvalue weighted by atomic mass is 79.9. The third-order valence-corrected chi connectivity index (χ3v) is 6.39. The van der Waals surface area contributed by atoms with Gasteiger partial charge in [-0.2, -0.15) is 0 Å². The zero-order chi connectivity index (χ0) is 25.5. The van der Waals surface area contributed by atoms with Crippen molar-refractivity contribution >= 4 is 62.5 Å². The van der Waals surface area contributed by atoms with Crippen molar-refractivity contribution in [1.82, 2.24) is 4.90 Å². The van der Waals surface area contributed by atoms with Crippen LogP contribution in [0.3, 0.4) is 0 Å². The van der Waals surface area contributed by atoms with Crippen molar-refractivity contribution in [1.29, 1.82) is 0 Å². The molecule has 1 fully saturated rings. The second-order valence-electron chi connectivity index (χ2n) is 7.21. The molecule has 0 saturated carbocycles. The number of hydrogen-bond donors (Lipinski definition) is 1. The Morgan fingerprint density at radius 1 is 1.14 bits per heavy atom. The molecule has 35 heavy (non-hydrogen) atoms. The smallest absolute Gasteiger partial charge is 0.328 e. The molecule has 1 aliphatic rings. The molecule has 3 rings (SSSR count). The summed E-state index contributed by atoms with van der Waals surface area (Å²) >= 11 is 4.17. The molecule has 2 aromatic carbocycles. The van der Waals surface area contributed by atoms with E-state index in [2.05, 4.69) is 26.0 Å². The molecule has 3 amide bonds. The van der Waals surface area contributed by atoms with Crippen LogP contribution in [0.25, 0.3) is 6.08 Å². The molecule has 9 nitrogen and oxygen atoms in total. The lowest BCUT2D eigenvalue weighted by molar-refractivity contribution is -0.148. The van der Waals surface area contributed by atoms with E-state index in [-0.39, 0.29) is 17.4 Å². The topological polar surface area (TPSA) is 111 Å². The summed E-state index contributed by atoms with van der Waals surface area (Å²) in [6.07, 6.45) is 1.52. The van der Waals surface area contributed by atoms with E-state index in [1.165, 1.54) is 20.1 Å². The van der Waals surface area contributed by atoms with Crippen molar-refractivity contribution in [3.8, 4) is 11.5 Å². The first kappa shape index (κ1) is 26.3. The first-order valence-electron chi connectivity index (χ1n) is 10.5. The molecule has 2 aromatic rings. The maximum absolute atomic E-state index is 12.8. The van der Waals surface area contributed by atoms with Gasteiger partial charge >= 0.3 is 5.97 Å². The fraction of sp³-hybridized carbons (Fsp3) is 0.250. The lowest BCUT2D eigenvalue weighted by Gasteiger charge is -2.18.